The highest BCUT2D eigenvalue weighted by Gasteiger charge is 2.29. The quantitative estimate of drug-likeness (QED) is 0.455. The van der Waals surface area contributed by atoms with Gasteiger partial charge in [-0.25, -0.2) is 4.98 Å². The monoisotopic (exact) mass is 401 g/mol. The Bertz CT molecular complexity index is 1190. The molecule has 1 saturated heterocycles. The number of piperidine rings is 1. The number of hydrogen-bond acceptors (Lipinski definition) is 5. The summed E-state index contributed by atoms with van der Waals surface area (Å²) in [7, 11) is 0. The Morgan fingerprint density at radius 1 is 1.17 bits per heavy atom. The number of fused-ring (bicyclic) bond motifs is 1. The maximum atomic E-state index is 13.7. The van der Waals surface area contributed by atoms with Gasteiger partial charge in [0.15, 0.2) is 5.76 Å². The van der Waals surface area contributed by atoms with Gasteiger partial charge in [-0.2, -0.15) is 0 Å². The lowest BCUT2D eigenvalue weighted by atomic mass is 9.99. The van der Waals surface area contributed by atoms with Crippen molar-refractivity contribution in [3.63, 3.8) is 0 Å². The molecule has 0 radical (unpaired) electrons. The molecule has 0 bridgehead atoms. The Kier molecular flexibility index (Phi) is 4.62. The van der Waals surface area contributed by atoms with Crippen molar-refractivity contribution in [2.45, 2.75) is 39.2 Å². The molecular formula is C24H23N3O3. The molecule has 152 valence electrons. The van der Waals surface area contributed by atoms with Gasteiger partial charge in [-0.15, -0.1) is 0 Å². The summed E-state index contributed by atoms with van der Waals surface area (Å²) in [4.78, 5) is 20.2. The molecule has 5 rings (SSSR count). The molecule has 1 atom stereocenters. The van der Waals surface area contributed by atoms with Gasteiger partial charge in [-0.3, -0.25) is 4.79 Å². The van der Waals surface area contributed by atoms with Gasteiger partial charge < -0.3 is 13.8 Å². The molecule has 1 fully saturated rings. The molecule has 4 aromatic rings. The zero-order valence-electron chi connectivity index (χ0n) is 17.1. The van der Waals surface area contributed by atoms with Gasteiger partial charge >= 0.3 is 0 Å². The highest BCUT2D eigenvalue weighted by atomic mass is 16.5. The summed E-state index contributed by atoms with van der Waals surface area (Å²) in [5.41, 5.74) is 4.14. The Labute approximate surface area is 174 Å². The maximum absolute atomic E-state index is 13.7. The number of rotatable bonds is 3. The van der Waals surface area contributed by atoms with Crippen LogP contribution in [0.25, 0.3) is 33.8 Å². The molecule has 1 aliphatic rings. The average Bonchev–Trinajstić information content (AvgIpc) is 3.44. The van der Waals surface area contributed by atoms with E-state index in [-0.39, 0.29) is 11.9 Å². The van der Waals surface area contributed by atoms with Crippen molar-refractivity contribution in [3.05, 3.63) is 59.9 Å². The van der Waals surface area contributed by atoms with E-state index in [2.05, 4.69) is 17.1 Å². The normalized spacial score (nSPS) is 16.9. The molecular weight excluding hydrogens is 378 g/mol. The first-order valence-corrected chi connectivity index (χ1v) is 10.3. The van der Waals surface area contributed by atoms with Crippen LogP contribution in [0.5, 0.6) is 0 Å². The van der Waals surface area contributed by atoms with Crippen molar-refractivity contribution in [1.29, 1.82) is 0 Å². The second-order valence-corrected chi connectivity index (χ2v) is 7.95. The largest absolute Gasteiger partial charge is 0.463 e. The van der Waals surface area contributed by atoms with Crippen LogP contribution in [0.2, 0.25) is 0 Å². The standard InChI is InChI=1S/C24H23N3O3/c1-15-8-10-17(11-9-15)22-21-18(24(28)27-12-4-3-6-16(27)2)14-19(20-7-5-13-29-20)25-23(21)30-26-22/h5,7-11,13-14,16H,3-4,6,12H2,1-2H3/t16-/m1/s1. The summed E-state index contributed by atoms with van der Waals surface area (Å²) >= 11 is 0. The van der Waals surface area contributed by atoms with Gasteiger partial charge in [0.2, 0.25) is 0 Å². The van der Waals surface area contributed by atoms with E-state index < -0.39 is 0 Å². The molecule has 1 amide bonds. The highest BCUT2D eigenvalue weighted by Crippen LogP contribution is 2.34. The lowest BCUT2D eigenvalue weighted by Gasteiger charge is -2.33. The third-order valence-corrected chi connectivity index (χ3v) is 5.84. The van der Waals surface area contributed by atoms with Gasteiger partial charge in [-0.1, -0.05) is 35.0 Å². The molecule has 30 heavy (non-hydrogen) atoms. The third-order valence-electron chi connectivity index (χ3n) is 5.84. The topological polar surface area (TPSA) is 72.4 Å². The van der Waals surface area contributed by atoms with Gasteiger partial charge in [0.05, 0.1) is 17.2 Å². The van der Waals surface area contributed by atoms with Gasteiger partial charge in [-0.05, 0) is 51.3 Å². The van der Waals surface area contributed by atoms with Gasteiger partial charge in [0.1, 0.15) is 11.4 Å². The number of carbonyl (C=O) groups excluding carboxylic acids is 1. The van der Waals surface area contributed by atoms with E-state index in [4.69, 9.17) is 8.94 Å². The van der Waals surface area contributed by atoms with Gasteiger partial charge in [0.25, 0.3) is 11.6 Å². The number of carbonyl (C=O) groups is 1. The Morgan fingerprint density at radius 3 is 2.73 bits per heavy atom. The molecule has 1 aromatic carbocycles. The van der Waals surface area contributed by atoms with Crippen molar-refractivity contribution in [2.75, 3.05) is 6.54 Å². The van der Waals surface area contributed by atoms with Crippen LogP contribution in [0.15, 0.2) is 57.7 Å². The Balaban J connectivity index is 1.71. The molecule has 0 N–H and O–H groups in total. The van der Waals surface area contributed by atoms with Crippen LogP contribution >= 0.6 is 0 Å². The zero-order valence-corrected chi connectivity index (χ0v) is 17.1. The summed E-state index contributed by atoms with van der Waals surface area (Å²) in [5.74, 6) is 0.574. The minimum atomic E-state index is -0.0148. The predicted molar refractivity (Wildman–Crippen MR) is 114 cm³/mol. The average molecular weight is 401 g/mol. The number of likely N-dealkylation sites (tertiary alicyclic amines) is 1. The number of amides is 1. The Morgan fingerprint density at radius 2 is 2.00 bits per heavy atom. The van der Waals surface area contributed by atoms with E-state index in [1.165, 1.54) is 0 Å². The van der Waals surface area contributed by atoms with Crippen LogP contribution in [-0.2, 0) is 0 Å². The van der Waals surface area contributed by atoms with E-state index in [0.717, 1.165) is 36.9 Å². The van der Waals surface area contributed by atoms with Crippen LogP contribution in [0, 0.1) is 6.92 Å². The molecule has 0 saturated carbocycles. The number of aryl methyl sites for hydroxylation is 1. The fraction of sp³-hybridized carbons (Fsp3) is 0.292. The van der Waals surface area contributed by atoms with E-state index in [1.54, 1.807) is 18.4 Å². The van der Waals surface area contributed by atoms with Crippen LogP contribution in [0.3, 0.4) is 0 Å². The first-order chi connectivity index (χ1) is 14.6. The number of pyridine rings is 1. The summed E-state index contributed by atoms with van der Waals surface area (Å²) in [6.45, 7) is 4.90. The lowest BCUT2D eigenvalue weighted by Crippen LogP contribution is -2.42. The first kappa shape index (κ1) is 18.6. The van der Waals surface area contributed by atoms with Crippen molar-refractivity contribution >= 4 is 17.0 Å². The van der Waals surface area contributed by atoms with Crippen LogP contribution in [-0.4, -0.2) is 33.5 Å². The number of benzene rings is 1. The molecule has 4 heterocycles. The van der Waals surface area contributed by atoms with E-state index in [9.17, 15) is 4.79 Å². The van der Waals surface area contributed by atoms with E-state index in [0.29, 0.717) is 33.8 Å². The summed E-state index contributed by atoms with van der Waals surface area (Å²) in [6.07, 6.45) is 4.77. The molecule has 0 unspecified atom stereocenters. The summed E-state index contributed by atoms with van der Waals surface area (Å²) in [6, 6.07) is 13.7. The molecule has 6 nitrogen and oxygen atoms in total. The number of furan rings is 1. The number of hydrogen-bond donors (Lipinski definition) is 0. The predicted octanol–water partition coefficient (Wildman–Crippen LogP) is 5.47. The van der Waals surface area contributed by atoms with Crippen LogP contribution in [0.1, 0.15) is 42.1 Å². The fourth-order valence-electron chi connectivity index (χ4n) is 4.13. The number of aromatic nitrogens is 2. The SMILES string of the molecule is Cc1ccc(-c2noc3nc(-c4ccco4)cc(C(=O)N4CCCC[C@H]4C)c23)cc1. The smallest absolute Gasteiger partial charge is 0.259 e. The summed E-state index contributed by atoms with van der Waals surface area (Å²) < 4.78 is 11.1. The second kappa shape index (κ2) is 7.44. The van der Waals surface area contributed by atoms with Crippen LogP contribution in [0.4, 0.5) is 0 Å². The van der Waals surface area contributed by atoms with Crippen molar-refractivity contribution in [3.8, 4) is 22.7 Å². The lowest BCUT2D eigenvalue weighted by molar-refractivity contribution is 0.0637. The molecule has 6 heteroatoms. The minimum absolute atomic E-state index is 0.0148. The third kappa shape index (κ3) is 3.18. The van der Waals surface area contributed by atoms with Crippen molar-refractivity contribution in [1.82, 2.24) is 15.0 Å². The molecule has 0 spiro atoms. The molecule has 0 aliphatic carbocycles. The Hall–Kier alpha value is -3.41. The maximum Gasteiger partial charge on any atom is 0.259 e. The first-order valence-electron chi connectivity index (χ1n) is 10.3. The van der Waals surface area contributed by atoms with Crippen molar-refractivity contribution in [2.24, 2.45) is 0 Å². The summed E-state index contributed by atoms with van der Waals surface area (Å²) in [5, 5.41) is 4.94. The zero-order chi connectivity index (χ0) is 20.7. The molecule has 1 aliphatic heterocycles. The highest BCUT2D eigenvalue weighted by molar-refractivity contribution is 6.10. The second-order valence-electron chi connectivity index (χ2n) is 7.95. The van der Waals surface area contributed by atoms with E-state index in [1.807, 2.05) is 42.2 Å². The minimum Gasteiger partial charge on any atom is -0.463 e. The number of nitrogens with zero attached hydrogens (tertiary/aromatic N) is 3. The molecule has 3 aromatic heterocycles. The fourth-order valence-corrected chi connectivity index (χ4v) is 4.13. The van der Waals surface area contributed by atoms with Gasteiger partial charge in [0, 0.05) is 18.2 Å². The van der Waals surface area contributed by atoms with E-state index >= 15 is 0 Å². The van der Waals surface area contributed by atoms with Crippen molar-refractivity contribution < 1.29 is 13.7 Å². The van der Waals surface area contributed by atoms with Crippen LogP contribution < -0.4 is 0 Å².